The molecule has 0 atom stereocenters. The third-order valence-electron chi connectivity index (χ3n) is 2.19. The molecule has 0 spiro atoms. The lowest BCUT2D eigenvalue weighted by Gasteiger charge is -2.06. The van der Waals surface area contributed by atoms with Gasteiger partial charge in [-0.05, 0) is 22.9 Å². The van der Waals surface area contributed by atoms with Crippen LogP contribution in [0.1, 0.15) is 6.42 Å². The lowest BCUT2D eigenvalue weighted by atomic mass is 10.4. The zero-order valence-corrected chi connectivity index (χ0v) is 13.2. The van der Waals surface area contributed by atoms with Crippen LogP contribution in [0.5, 0.6) is 0 Å². The molecular weight excluding hydrogens is 296 g/mol. The van der Waals surface area contributed by atoms with Crippen LogP contribution in [-0.4, -0.2) is 50.1 Å². The Balaban J connectivity index is 1.92. The van der Waals surface area contributed by atoms with Crippen LogP contribution in [0.15, 0.2) is 29.4 Å². The first-order valence-electron chi connectivity index (χ1n) is 6.37. The number of methoxy groups -OCH3 is 1. The van der Waals surface area contributed by atoms with Crippen LogP contribution in [0.2, 0.25) is 0 Å². The van der Waals surface area contributed by atoms with Crippen molar-refractivity contribution in [2.24, 2.45) is 0 Å². The highest BCUT2D eigenvalue weighted by atomic mass is 33.1. The van der Waals surface area contributed by atoms with E-state index in [1.54, 1.807) is 34.9 Å². The highest BCUT2D eigenvalue weighted by Gasteiger charge is 2.01. The molecule has 0 saturated carbocycles. The Bertz CT molecular complexity index is 366. The first kappa shape index (κ1) is 17.3. The monoisotopic (exact) mass is 316 g/mol. The van der Waals surface area contributed by atoms with Gasteiger partial charge in [-0.1, -0.05) is 16.9 Å². The summed E-state index contributed by atoms with van der Waals surface area (Å²) in [5.74, 6) is 0.812. The second-order valence-electron chi connectivity index (χ2n) is 3.78. The average molecular weight is 316 g/mol. The maximum absolute atomic E-state index is 11.5. The summed E-state index contributed by atoms with van der Waals surface area (Å²) in [6.07, 6.45) is 2.27. The van der Waals surface area contributed by atoms with Crippen molar-refractivity contribution < 1.29 is 14.3 Å². The molecule has 5 nitrogen and oxygen atoms in total. The zero-order chi connectivity index (χ0) is 14.5. The summed E-state index contributed by atoms with van der Waals surface area (Å²) in [5.41, 5.74) is 0. The number of pyridine rings is 1. The molecule has 0 fully saturated rings. The van der Waals surface area contributed by atoms with Crippen LogP contribution in [0.3, 0.4) is 0 Å². The second kappa shape index (κ2) is 12.0. The molecule has 0 aliphatic heterocycles. The van der Waals surface area contributed by atoms with Gasteiger partial charge in [0.25, 0.3) is 0 Å². The number of amides is 1. The maximum atomic E-state index is 11.5. The molecule has 0 aromatic carbocycles. The van der Waals surface area contributed by atoms with E-state index >= 15 is 0 Å². The molecule has 0 aliphatic rings. The van der Waals surface area contributed by atoms with E-state index in [9.17, 15) is 4.79 Å². The Morgan fingerprint density at radius 2 is 2.25 bits per heavy atom. The molecular formula is C13H20N2O3S2. The minimum atomic E-state index is 0.0504. The molecule has 20 heavy (non-hydrogen) atoms. The van der Waals surface area contributed by atoms with Gasteiger partial charge in [0.2, 0.25) is 5.91 Å². The van der Waals surface area contributed by atoms with Crippen LogP contribution in [0.25, 0.3) is 0 Å². The SMILES string of the molecule is COCCOCCNC(=O)CCSSc1ccccn1. The molecule has 112 valence electrons. The Kier molecular flexibility index (Phi) is 10.4. The highest BCUT2D eigenvalue weighted by Crippen LogP contribution is 2.29. The first-order chi connectivity index (χ1) is 9.83. The van der Waals surface area contributed by atoms with Crippen LogP contribution in [0, 0.1) is 0 Å². The first-order valence-corrected chi connectivity index (χ1v) is 8.68. The van der Waals surface area contributed by atoms with E-state index in [0.29, 0.717) is 32.8 Å². The smallest absolute Gasteiger partial charge is 0.220 e. The zero-order valence-electron chi connectivity index (χ0n) is 11.5. The number of hydrogen-bond donors (Lipinski definition) is 1. The van der Waals surface area contributed by atoms with Gasteiger partial charge < -0.3 is 14.8 Å². The van der Waals surface area contributed by atoms with Gasteiger partial charge >= 0.3 is 0 Å². The van der Waals surface area contributed by atoms with E-state index in [4.69, 9.17) is 9.47 Å². The maximum Gasteiger partial charge on any atom is 0.220 e. The van der Waals surface area contributed by atoms with Gasteiger partial charge in [-0.15, -0.1) is 0 Å². The van der Waals surface area contributed by atoms with E-state index in [1.165, 1.54) is 0 Å². The van der Waals surface area contributed by atoms with Crippen LogP contribution in [0.4, 0.5) is 0 Å². The predicted octanol–water partition coefficient (Wildman–Crippen LogP) is 1.99. The van der Waals surface area contributed by atoms with E-state index in [1.807, 2.05) is 18.2 Å². The minimum Gasteiger partial charge on any atom is -0.382 e. The van der Waals surface area contributed by atoms with Gasteiger partial charge in [0.1, 0.15) is 5.03 Å². The molecule has 1 heterocycles. The van der Waals surface area contributed by atoms with E-state index in [0.717, 1.165) is 10.8 Å². The molecule has 1 rings (SSSR count). The molecule has 0 unspecified atom stereocenters. The van der Waals surface area contributed by atoms with Crippen LogP contribution < -0.4 is 5.32 Å². The number of nitrogens with zero attached hydrogens (tertiary/aromatic N) is 1. The fraction of sp³-hybridized carbons (Fsp3) is 0.538. The molecule has 0 bridgehead atoms. The fourth-order valence-corrected chi connectivity index (χ4v) is 3.10. The van der Waals surface area contributed by atoms with Gasteiger partial charge in [-0.3, -0.25) is 4.79 Å². The third kappa shape index (κ3) is 9.19. The number of nitrogens with one attached hydrogen (secondary N) is 1. The van der Waals surface area contributed by atoms with Gasteiger partial charge in [-0.2, -0.15) is 0 Å². The predicted molar refractivity (Wildman–Crippen MR) is 82.9 cm³/mol. The number of carbonyl (C=O) groups is 1. The van der Waals surface area contributed by atoms with E-state index in [-0.39, 0.29) is 5.91 Å². The summed E-state index contributed by atoms with van der Waals surface area (Å²) in [6, 6.07) is 5.79. The third-order valence-corrected chi connectivity index (χ3v) is 4.46. The highest BCUT2D eigenvalue weighted by molar-refractivity contribution is 8.76. The van der Waals surface area contributed by atoms with E-state index < -0.39 is 0 Å². The number of rotatable bonds is 11. The van der Waals surface area contributed by atoms with Crippen molar-refractivity contribution in [3.63, 3.8) is 0 Å². The number of ether oxygens (including phenoxy) is 2. The molecule has 1 aromatic heterocycles. The number of carbonyl (C=O) groups excluding carboxylic acids is 1. The summed E-state index contributed by atoms with van der Waals surface area (Å²) in [4.78, 5) is 15.7. The van der Waals surface area contributed by atoms with Gasteiger partial charge in [-0.25, -0.2) is 4.98 Å². The molecule has 1 N–H and O–H groups in total. The Hall–Kier alpha value is -0.760. The Morgan fingerprint density at radius 1 is 1.35 bits per heavy atom. The van der Waals surface area contributed by atoms with Crippen molar-refractivity contribution in [3.8, 4) is 0 Å². The minimum absolute atomic E-state index is 0.0504. The summed E-state index contributed by atoms with van der Waals surface area (Å²) in [5, 5.41) is 3.78. The summed E-state index contributed by atoms with van der Waals surface area (Å²) >= 11 is 0. The summed E-state index contributed by atoms with van der Waals surface area (Å²) in [7, 11) is 4.85. The molecule has 0 saturated heterocycles. The summed E-state index contributed by atoms with van der Waals surface area (Å²) in [6.45, 7) is 2.20. The normalized spacial score (nSPS) is 10.4. The standard InChI is InChI=1S/C13H20N2O3S2/c1-17-9-10-18-8-7-14-12(16)5-11-19-20-13-4-2-3-6-15-13/h2-4,6H,5,7-11H2,1H3,(H,14,16). The van der Waals surface area contributed by atoms with Crippen molar-refractivity contribution >= 4 is 27.5 Å². The molecule has 1 amide bonds. The van der Waals surface area contributed by atoms with E-state index in [2.05, 4.69) is 10.3 Å². The summed E-state index contributed by atoms with van der Waals surface area (Å²) < 4.78 is 10.1. The lowest BCUT2D eigenvalue weighted by Crippen LogP contribution is -2.27. The largest absolute Gasteiger partial charge is 0.382 e. The molecule has 0 aliphatic carbocycles. The molecule has 1 aromatic rings. The number of aromatic nitrogens is 1. The van der Waals surface area contributed by atoms with Crippen LogP contribution in [-0.2, 0) is 14.3 Å². The molecule has 7 heteroatoms. The Labute approximate surface area is 127 Å². The van der Waals surface area contributed by atoms with Crippen LogP contribution >= 0.6 is 21.6 Å². The van der Waals surface area contributed by atoms with Gasteiger partial charge in [0.05, 0.1) is 19.8 Å². The van der Waals surface area contributed by atoms with Crippen molar-refractivity contribution in [2.75, 3.05) is 39.2 Å². The fourth-order valence-electron chi connectivity index (χ4n) is 1.23. The van der Waals surface area contributed by atoms with Crippen molar-refractivity contribution in [2.45, 2.75) is 11.4 Å². The quantitative estimate of drug-likeness (QED) is 0.498. The van der Waals surface area contributed by atoms with Crippen molar-refractivity contribution in [3.05, 3.63) is 24.4 Å². The van der Waals surface area contributed by atoms with Gasteiger partial charge in [0, 0.05) is 32.0 Å². The van der Waals surface area contributed by atoms with Crippen molar-refractivity contribution in [1.29, 1.82) is 0 Å². The van der Waals surface area contributed by atoms with Gasteiger partial charge in [0.15, 0.2) is 0 Å². The second-order valence-corrected chi connectivity index (χ2v) is 6.21. The molecule has 0 radical (unpaired) electrons. The topological polar surface area (TPSA) is 60.5 Å². The average Bonchev–Trinajstić information content (AvgIpc) is 2.48. The van der Waals surface area contributed by atoms with Crippen molar-refractivity contribution in [1.82, 2.24) is 10.3 Å². The number of hydrogen-bond acceptors (Lipinski definition) is 6. The lowest BCUT2D eigenvalue weighted by molar-refractivity contribution is -0.120. The Morgan fingerprint density at radius 3 is 3.00 bits per heavy atom.